The van der Waals surface area contributed by atoms with E-state index in [4.69, 9.17) is 0 Å². The summed E-state index contributed by atoms with van der Waals surface area (Å²) in [5, 5.41) is 12.5. The minimum Gasteiger partial charge on any atom is -0.393 e. The third-order valence-corrected chi connectivity index (χ3v) is 5.34. The lowest BCUT2D eigenvalue weighted by Gasteiger charge is -2.06. The lowest BCUT2D eigenvalue weighted by atomic mass is 9.97. The molecular weight excluding hydrogens is 346 g/mol. The quantitative estimate of drug-likeness (QED) is 0.340. The Morgan fingerprint density at radius 1 is 0.893 bits per heavy atom. The summed E-state index contributed by atoms with van der Waals surface area (Å²) < 4.78 is 2.18. The SMILES string of the molecule is CC(O)CCCCn1cc(C(=O)c2cccc3ccccc23)c2ccccc21. The summed E-state index contributed by atoms with van der Waals surface area (Å²) in [7, 11) is 0. The van der Waals surface area contributed by atoms with Gasteiger partial charge in [0.2, 0.25) is 0 Å². The van der Waals surface area contributed by atoms with Crippen LogP contribution in [0.1, 0.15) is 42.1 Å². The van der Waals surface area contributed by atoms with Gasteiger partial charge < -0.3 is 9.67 Å². The maximum Gasteiger partial charge on any atom is 0.195 e. The standard InChI is InChI=1S/C25H25NO2/c1-18(27)9-6-7-16-26-17-23(21-13-4-5-15-24(21)26)25(28)22-14-8-11-19-10-2-3-12-20(19)22/h2-5,8,10-15,17-18,27H,6-7,9,16H2,1H3. The first-order chi connectivity index (χ1) is 13.6. The number of aliphatic hydroxyl groups excluding tert-OH is 1. The molecule has 0 saturated carbocycles. The van der Waals surface area contributed by atoms with Gasteiger partial charge in [-0.2, -0.15) is 0 Å². The Bertz CT molecular complexity index is 1120. The van der Waals surface area contributed by atoms with Gasteiger partial charge in [-0.3, -0.25) is 4.79 Å². The Labute approximate surface area is 165 Å². The van der Waals surface area contributed by atoms with E-state index in [9.17, 15) is 9.90 Å². The Balaban J connectivity index is 1.71. The first kappa shape index (κ1) is 18.5. The summed E-state index contributed by atoms with van der Waals surface area (Å²) in [6.07, 6.45) is 4.49. The average molecular weight is 371 g/mol. The van der Waals surface area contributed by atoms with Crippen molar-refractivity contribution in [3.05, 3.63) is 84.1 Å². The van der Waals surface area contributed by atoms with Gasteiger partial charge in [-0.25, -0.2) is 0 Å². The number of carbonyl (C=O) groups is 1. The van der Waals surface area contributed by atoms with Crippen molar-refractivity contribution < 1.29 is 9.90 Å². The maximum absolute atomic E-state index is 13.5. The molecule has 0 spiro atoms. The van der Waals surface area contributed by atoms with Gasteiger partial charge in [-0.15, -0.1) is 0 Å². The molecule has 4 rings (SSSR count). The summed E-state index contributed by atoms with van der Waals surface area (Å²) in [5.74, 6) is 0.0655. The smallest absolute Gasteiger partial charge is 0.195 e. The number of carbonyl (C=O) groups excluding carboxylic acids is 1. The van der Waals surface area contributed by atoms with E-state index < -0.39 is 0 Å². The fourth-order valence-electron chi connectivity index (χ4n) is 3.90. The van der Waals surface area contributed by atoms with Crippen molar-refractivity contribution in [1.82, 2.24) is 4.57 Å². The fourth-order valence-corrected chi connectivity index (χ4v) is 3.90. The number of nitrogens with zero attached hydrogens (tertiary/aromatic N) is 1. The summed E-state index contributed by atoms with van der Waals surface area (Å²) >= 11 is 0. The molecule has 3 aromatic carbocycles. The van der Waals surface area contributed by atoms with E-state index in [2.05, 4.69) is 10.6 Å². The van der Waals surface area contributed by atoms with E-state index in [1.165, 1.54) is 0 Å². The van der Waals surface area contributed by atoms with Gasteiger partial charge in [0.25, 0.3) is 0 Å². The molecule has 142 valence electrons. The van der Waals surface area contributed by atoms with Crippen molar-refractivity contribution in [3.8, 4) is 0 Å². The highest BCUT2D eigenvalue weighted by atomic mass is 16.3. The Morgan fingerprint density at radius 3 is 2.43 bits per heavy atom. The van der Waals surface area contributed by atoms with Crippen molar-refractivity contribution in [1.29, 1.82) is 0 Å². The molecule has 0 bridgehead atoms. The van der Waals surface area contributed by atoms with Crippen LogP contribution >= 0.6 is 0 Å². The van der Waals surface area contributed by atoms with Gasteiger partial charge in [0.05, 0.1) is 6.10 Å². The third-order valence-electron chi connectivity index (χ3n) is 5.34. The second kappa shape index (κ2) is 7.99. The number of para-hydroxylation sites is 1. The van der Waals surface area contributed by atoms with Crippen molar-refractivity contribution in [3.63, 3.8) is 0 Å². The molecule has 0 amide bonds. The number of aryl methyl sites for hydroxylation is 1. The minimum absolute atomic E-state index is 0.0655. The van der Waals surface area contributed by atoms with E-state index >= 15 is 0 Å². The second-order valence-electron chi connectivity index (χ2n) is 7.45. The number of rotatable bonds is 7. The molecule has 28 heavy (non-hydrogen) atoms. The van der Waals surface area contributed by atoms with E-state index in [1.54, 1.807) is 0 Å². The lowest BCUT2D eigenvalue weighted by molar-refractivity contribution is 0.104. The van der Waals surface area contributed by atoms with Crippen molar-refractivity contribution >= 4 is 27.5 Å². The highest BCUT2D eigenvalue weighted by Gasteiger charge is 2.18. The number of unbranched alkanes of at least 4 members (excludes halogenated alkanes) is 1. The molecule has 1 aromatic heterocycles. The van der Waals surface area contributed by atoms with E-state index in [1.807, 2.05) is 73.8 Å². The lowest BCUT2D eigenvalue weighted by Crippen LogP contribution is -2.03. The molecule has 3 heteroatoms. The summed E-state index contributed by atoms with van der Waals surface area (Å²) in [5.41, 5.74) is 2.58. The predicted octanol–water partition coefficient (Wildman–Crippen LogP) is 5.58. The molecule has 0 fully saturated rings. The maximum atomic E-state index is 13.5. The largest absolute Gasteiger partial charge is 0.393 e. The Kier molecular flexibility index (Phi) is 5.27. The number of benzene rings is 3. The highest BCUT2D eigenvalue weighted by molar-refractivity contribution is 6.21. The van der Waals surface area contributed by atoms with Crippen LogP contribution in [0.15, 0.2) is 72.9 Å². The first-order valence-corrected chi connectivity index (χ1v) is 9.93. The zero-order valence-electron chi connectivity index (χ0n) is 16.1. The number of aliphatic hydroxyl groups is 1. The normalized spacial score (nSPS) is 12.5. The highest BCUT2D eigenvalue weighted by Crippen LogP contribution is 2.27. The molecular formula is C25H25NO2. The van der Waals surface area contributed by atoms with Crippen molar-refractivity contribution in [2.75, 3.05) is 0 Å². The van der Waals surface area contributed by atoms with Crippen LogP contribution in [-0.2, 0) is 6.54 Å². The molecule has 0 aliphatic carbocycles. The molecule has 1 atom stereocenters. The number of aromatic nitrogens is 1. The van der Waals surface area contributed by atoms with Crippen LogP contribution in [0.4, 0.5) is 0 Å². The van der Waals surface area contributed by atoms with E-state index in [-0.39, 0.29) is 11.9 Å². The molecule has 0 aliphatic heterocycles. The summed E-state index contributed by atoms with van der Waals surface area (Å²) in [4.78, 5) is 13.5. The van der Waals surface area contributed by atoms with Gasteiger partial charge in [0.1, 0.15) is 0 Å². The third kappa shape index (κ3) is 3.58. The van der Waals surface area contributed by atoms with E-state index in [0.29, 0.717) is 0 Å². The number of ketones is 1. The van der Waals surface area contributed by atoms with Crippen LogP contribution in [0.3, 0.4) is 0 Å². The number of hydrogen-bond donors (Lipinski definition) is 1. The molecule has 0 radical (unpaired) electrons. The molecule has 1 N–H and O–H groups in total. The van der Waals surface area contributed by atoms with Gasteiger partial charge in [-0.1, -0.05) is 60.7 Å². The average Bonchev–Trinajstić information content (AvgIpc) is 3.09. The first-order valence-electron chi connectivity index (χ1n) is 9.93. The van der Waals surface area contributed by atoms with Crippen molar-refractivity contribution in [2.45, 2.75) is 38.8 Å². The Morgan fingerprint density at radius 2 is 1.61 bits per heavy atom. The van der Waals surface area contributed by atoms with Gasteiger partial charge in [0, 0.05) is 34.8 Å². The van der Waals surface area contributed by atoms with Crippen LogP contribution in [0.2, 0.25) is 0 Å². The molecule has 3 nitrogen and oxygen atoms in total. The summed E-state index contributed by atoms with van der Waals surface area (Å²) in [6.45, 7) is 2.67. The van der Waals surface area contributed by atoms with Crippen molar-refractivity contribution in [2.24, 2.45) is 0 Å². The molecule has 1 unspecified atom stereocenters. The molecule has 1 heterocycles. The van der Waals surface area contributed by atoms with Crippen LogP contribution < -0.4 is 0 Å². The fraction of sp³-hybridized carbons (Fsp3) is 0.240. The molecule has 4 aromatic rings. The topological polar surface area (TPSA) is 42.2 Å². The van der Waals surface area contributed by atoms with Crippen LogP contribution in [-0.4, -0.2) is 21.6 Å². The van der Waals surface area contributed by atoms with Crippen LogP contribution in [0.25, 0.3) is 21.7 Å². The zero-order chi connectivity index (χ0) is 19.5. The second-order valence-corrected chi connectivity index (χ2v) is 7.45. The Hall–Kier alpha value is -2.91. The molecule has 0 saturated heterocycles. The van der Waals surface area contributed by atoms with Crippen LogP contribution in [0.5, 0.6) is 0 Å². The minimum atomic E-state index is -0.259. The zero-order valence-corrected chi connectivity index (χ0v) is 16.1. The number of fused-ring (bicyclic) bond motifs is 2. The van der Waals surface area contributed by atoms with E-state index in [0.717, 1.165) is 58.6 Å². The monoisotopic (exact) mass is 371 g/mol. The van der Waals surface area contributed by atoms with Gasteiger partial charge >= 0.3 is 0 Å². The number of hydrogen-bond acceptors (Lipinski definition) is 2. The summed E-state index contributed by atoms with van der Waals surface area (Å²) in [6, 6.07) is 22.0. The predicted molar refractivity (Wildman–Crippen MR) is 115 cm³/mol. The van der Waals surface area contributed by atoms with Gasteiger partial charge in [-0.05, 0) is 43.0 Å². The van der Waals surface area contributed by atoms with Gasteiger partial charge in [0.15, 0.2) is 5.78 Å². The molecule has 0 aliphatic rings. The van der Waals surface area contributed by atoms with Crippen LogP contribution in [0, 0.1) is 0 Å².